The van der Waals surface area contributed by atoms with Crippen LogP contribution in [0.2, 0.25) is 0 Å². The molecule has 1 heterocycles. The van der Waals surface area contributed by atoms with Crippen LogP contribution in [0.3, 0.4) is 0 Å². The zero-order valence-electron chi connectivity index (χ0n) is 18.3. The van der Waals surface area contributed by atoms with Crippen molar-refractivity contribution in [1.29, 1.82) is 0 Å². The van der Waals surface area contributed by atoms with Crippen molar-refractivity contribution in [3.63, 3.8) is 0 Å². The fourth-order valence-electron chi connectivity index (χ4n) is 3.05. The van der Waals surface area contributed by atoms with Gasteiger partial charge in [0.25, 0.3) is 5.91 Å². The molecule has 0 bridgehead atoms. The maximum Gasteiger partial charge on any atom is 0.251 e. The standard InChI is InChI=1S/C23H24N4O5/c1-14-24-9-8-18(26-14)15-6-5-7-17(10-15)27-21(28)13-25-23(29)16-11-19(30-2)22(32-4)20(12-16)31-3/h5-12H,13H2,1-4H3,(H,25,29)(H,27,28). The van der Waals surface area contributed by atoms with Crippen LogP contribution >= 0.6 is 0 Å². The Morgan fingerprint density at radius 2 is 1.69 bits per heavy atom. The van der Waals surface area contributed by atoms with Gasteiger partial charge in [-0.25, -0.2) is 9.97 Å². The van der Waals surface area contributed by atoms with Crippen molar-refractivity contribution in [2.75, 3.05) is 33.2 Å². The lowest BCUT2D eigenvalue weighted by molar-refractivity contribution is -0.115. The van der Waals surface area contributed by atoms with Crippen LogP contribution in [0.15, 0.2) is 48.7 Å². The molecule has 0 fully saturated rings. The molecular weight excluding hydrogens is 412 g/mol. The number of carbonyl (C=O) groups is 2. The van der Waals surface area contributed by atoms with Gasteiger partial charge in [0.15, 0.2) is 11.5 Å². The molecule has 166 valence electrons. The number of nitrogens with one attached hydrogen (secondary N) is 2. The van der Waals surface area contributed by atoms with Gasteiger partial charge in [0, 0.05) is 23.0 Å². The van der Waals surface area contributed by atoms with Crippen molar-refractivity contribution in [3.05, 3.63) is 60.0 Å². The van der Waals surface area contributed by atoms with Gasteiger partial charge in [-0.15, -0.1) is 0 Å². The number of nitrogens with zero attached hydrogens (tertiary/aromatic N) is 2. The summed E-state index contributed by atoms with van der Waals surface area (Å²) in [6.07, 6.45) is 1.68. The van der Waals surface area contributed by atoms with E-state index in [1.165, 1.54) is 33.5 Å². The number of hydrogen-bond acceptors (Lipinski definition) is 7. The second-order valence-corrected chi connectivity index (χ2v) is 6.71. The molecule has 9 nitrogen and oxygen atoms in total. The fraction of sp³-hybridized carbons (Fsp3) is 0.217. The summed E-state index contributed by atoms with van der Waals surface area (Å²) in [7, 11) is 4.40. The third-order valence-corrected chi connectivity index (χ3v) is 4.55. The minimum atomic E-state index is -0.454. The van der Waals surface area contributed by atoms with E-state index in [9.17, 15) is 9.59 Å². The van der Waals surface area contributed by atoms with Gasteiger partial charge in [0.05, 0.1) is 33.6 Å². The normalized spacial score (nSPS) is 10.2. The molecule has 2 N–H and O–H groups in total. The summed E-state index contributed by atoms with van der Waals surface area (Å²) in [6, 6.07) is 12.1. The van der Waals surface area contributed by atoms with E-state index >= 15 is 0 Å². The Kier molecular flexibility index (Phi) is 7.22. The number of amides is 2. The second kappa shape index (κ2) is 10.3. The van der Waals surface area contributed by atoms with Crippen LogP contribution in [-0.4, -0.2) is 49.7 Å². The van der Waals surface area contributed by atoms with Crippen molar-refractivity contribution in [2.24, 2.45) is 0 Å². The number of anilines is 1. The summed E-state index contributed by atoms with van der Waals surface area (Å²) in [6.45, 7) is 1.60. The monoisotopic (exact) mass is 436 g/mol. The van der Waals surface area contributed by atoms with Crippen LogP contribution in [0.4, 0.5) is 5.69 Å². The maximum atomic E-state index is 12.6. The van der Waals surface area contributed by atoms with Gasteiger partial charge >= 0.3 is 0 Å². The topological polar surface area (TPSA) is 112 Å². The van der Waals surface area contributed by atoms with E-state index in [4.69, 9.17) is 14.2 Å². The Balaban J connectivity index is 1.65. The van der Waals surface area contributed by atoms with Gasteiger partial charge in [-0.1, -0.05) is 12.1 Å². The van der Waals surface area contributed by atoms with Crippen molar-refractivity contribution in [1.82, 2.24) is 15.3 Å². The van der Waals surface area contributed by atoms with Crippen LogP contribution < -0.4 is 24.8 Å². The average Bonchev–Trinajstić information content (AvgIpc) is 2.81. The first-order valence-electron chi connectivity index (χ1n) is 9.73. The predicted octanol–water partition coefficient (Wildman–Crippen LogP) is 2.85. The van der Waals surface area contributed by atoms with Gasteiger partial charge in [0.1, 0.15) is 5.82 Å². The Labute approximate surface area is 185 Å². The molecule has 1 aromatic heterocycles. The van der Waals surface area contributed by atoms with Crippen molar-refractivity contribution < 1.29 is 23.8 Å². The third-order valence-electron chi connectivity index (χ3n) is 4.55. The number of benzene rings is 2. The van der Waals surface area contributed by atoms with E-state index in [0.29, 0.717) is 28.8 Å². The highest BCUT2D eigenvalue weighted by atomic mass is 16.5. The Bertz CT molecular complexity index is 1110. The minimum Gasteiger partial charge on any atom is -0.493 e. The molecule has 0 aliphatic carbocycles. The molecule has 0 aliphatic rings. The molecule has 32 heavy (non-hydrogen) atoms. The van der Waals surface area contributed by atoms with E-state index in [1.807, 2.05) is 19.1 Å². The SMILES string of the molecule is COc1cc(C(=O)NCC(=O)Nc2cccc(-c3ccnc(C)n3)c2)cc(OC)c1OC. The quantitative estimate of drug-likeness (QED) is 0.558. The molecule has 0 saturated heterocycles. The summed E-state index contributed by atoms with van der Waals surface area (Å²) in [4.78, 5) is 33.4. The summed E-state index contributed by atoms with van der Waals surface area (Å²) in [5.41, 5.74) is 2.46. The zero-order chi connectivity index (χ0) is 23.1. The van der Waals surface area contributed by atoms with Crippen LogP contribution in [0.1, 0.15) is 16.2 Å². The molecule has 0 aliphatic heterocycles. The van der Waals surface area contributed by atoms with Crippen LogP contribution in [0.5, 0.6) is 17.2 Å². The molecule has 9 heteroatoms. The van der Waals surface area contributed by atoms with E-state index in [2.05, 4.69) is 20.6 Å². The van der Waals surface area contributed by atoms with Crippen LogP contribution in [0, 0.1) is 6.92 Å². The number of aryl methyl sites for hydroxylation is 1. The predicted molar refractivity (Wildman–Crippen MR) is 119 cm³/mol. The van der Waals surface area contributed by atoms with E-state index in [-0.39, 0.29) is 18.0 Å². The number of methoxy groups -OCH3 is 3. The Morgan fingerprint density at radius 3 is 2.31 bits per heavy atom. The first kappa shape index (κ1) is 22.5. The highest BCUT2D eigenvalue weighted by Gasteiger charge is 2.17. The van der Waals surface area contributed by atoms with Crippen LogP contribution in [0.25, 0.3) is 11.3 Å². The van der Waals surface area contributed by atoms with Crippen molar-refractivity contribution in [3.8, 4) is 28.5 Å². The number of rotatable bonds is 8. The lowest BCUT2D eigenvalue weighted by Crippen LogP contribution is -2.32. The van der Waals surface area contributed by atoms with Gasteiger partial charge in [-0.2, -0.15) is 0 Å². The molecule has 0 spiro atoms. The minimum absolute atomic E-state index is 0.216. The first-order valence-corrected chi connectivity index (χ1v) is 9.73. The number of aromatic nitrogens is 2. The lowest BCUT2D eigenvalue weighted by Gasteiger charge is -2.14. The molecule has 2 aromatic carbocycles. The van der Waals surface area contributed by atoms with Crippen LogP contribution in [-0.2, 0) is 4.79 Å². The summed E-state index contributed by atoms with van der Waals surface area (Å²) >= 11 is 0. The van der Waals surface area contributed by atoms with Crippen molar-refractivity contribution in [2.45, 2.75) is 6.92 Å². The highest BCUT2D eigenvalue weighted by Crippen LogP contribution is 2.38. The first-order chi connectivity index (χ1) is 15.4. The smallest absolute Gasteiger partial charge is 0.251 e. The Morgan fingerprint density at radius 1 is 0.969 bits per heavy atom. The average molecular weight is 436 g/mol. The zero-order valence-corrected chi connectivity index (χ0v) is 18.3. The van der Waals surface area contributed by atoms with E-state index in [1.54, 1.807) is 24.4 Å². The number of ether oxygens (including phenoxy) is 3. The van der Waals surface area contributed by atoms with Gasteiger partial charge in [0.2, 0.25) is 11.7 Å². The maximum absolute atomic E-state index is 12.6. The molecule has 3 aromatic rings. The second-order valence-electron chi connectivity index (χ2n) is 6.71. The molecule has 2 amide bonds. The van der Waals surface area contributed by atoms with Gasteiger partial charge in [-0.05, 0) is 37.3 Å². The van der Waals surface area contributed by atoms with Gasteiger partial charge < -0.3 is 24.8 Å². The third kappa shape index (κ3) is 5.31. The van der Waals surface area contributed by atoms with Gasteiger partial charge in [-0.3, -0.25) is 9.59 Å². The molecule has 3 rings (SSSR count). The summed E-state index contributed by atoms with van der Waals surface area (Å²) in [5.74, 6) is 0.900. The summed E-state index contributed by atoms with van der Waals surface area (Å²) in [5, 5.41) is 5.36. The molecular formula is C23H24N4O5. The van der Waals surface area contributed by atoms with E-state index in [0.717, 1.165) is 11.3 Å². The molecule has 0 radical (unpaired) electrons. The fourth-order valence-corrected chi connectivity index (χ4v) is 3.05. The molecule has 0 unspecified atom stereocenters. The lowest BCUT2D eigenvalue weighted by atomic mass is 10.1. The summed E-state index contributed by atoms with van der Waals surface area (Å²) < 4.78 is 15.8. The number of carbonyl (C=O) groups excluding carboxylic acids is 2. The Hall–Kier alpha value is -4.14. The van der Waals surface area contributed by atoms with E-state index < -0.39 is 5.91 Å². The number of hydrogen-bond donors (Lipinski definition) is 2. The molecule has 0 atom stereocenters. The van der Waals surface area contributed by atoms with Crippen molar-refractivity contribution >= 4 is 17.5 Å². The molecule has 0 saturated carbocycles. The highest BCUT2D eigenvalue weighted by molar-refractivity contribution is 6.00. The largest absolute Gasteiger partial charge is 0.493 e.